The van der Waals surface area contributed by atoms with E-state index in [0.717, 1.165) is 30.9 Å². The third-order valence-corrected chi connectivity index (χ3v) is 2.75. The molecule has 1 aliphatic rings. The first kappa shape index (κ1) is 9.97. The molecule has 0 spiro atoms. The fourth-order valence-corrected chi connectivity index (χ4v) is 1.88. The Morgan fingerprint density at radius 3 is 2.73 bits per heavy atom. The van der Waals surface area contributed by atoms with Gasteiger partial charge in [0.25, 0.3) is 0 Å². The average molecular weight is 201 g/mol. The molecule has 1 saturated heterocycles. The van der Waals surface area contributed by atoms with Crippen molar-refractivity contribution in [2.75, 3.05) is 24.5 Å². The van der Waals surface area contributed by atoms with Crippen LogP contribution in [-0.2, 0) is 6.42 Å². The number of hydrogen-bond acceptors (Lipinski definition) is 2. The highest BCUT2D eigenvalue weighted by Gasteiger charge is 2.12. The molecule has 78 valence electrons. The normalized spacial score (nSPS) is 15.3. The van der Waals surface area contributed by atoms with E-state index in [2.05, 4.69) is 26.9 Å². The van der Waals surface area contributed by atoms with Crippen molar-refractivity contribution >= 4 is 5.82 Å². The SMILES string of the molecule is [C-]#[N+]CCc1ccc(N2CCCC2)nc1. The summed E-state index contributed by atoms with van der Waals surface area (Å²) in [6.07, 6.45) is 5.28. The predicted molar refractivity (Wildman–Crippen MR) is 60.9 cm³/mol. The second-order valence-electron chi connectivity index (χ2n) is 3.85. The van der Waals surface area contributed by atoms with Crippen LogP contribution in [-0.4, -0.2) is 24.6 Å². The van der Waals surface area contributed by atoms with E-state index in [1.807, 2.05) is 6.20 Å². The molecule has 0 amide bonds. The van der Waals surface area contributed by atoms with Gasteiger partial charge in [0.05, 0.1) is 0 Å². The molecule has 0 N–H and O–H groups in total. The lowest BCUT2D eigenvalue weighted by Crippen LogP contribution is -2.18. The van der Waals surface area contributed by atoms with Gasteiger partial charge in [0.15, 0.2) is 0 Å². The molecule has 1 aromatic rings. The molecule has 0 aromatic carbocycles. The summed E-state index contributed by atoms with van der Waals surface area (Å²) in [6.45, 7) is 9.55. The van der Waals surface area contributed by atoms with E-state index in [0.29, 0.717) is 6.54 Å². The van der Waals surface area contributed by atoms with Crippen LogP contribution in [0.1, 0.15) is 18.4 Å². The van der Waals surface area contributed by atoms with Gasteiger partial charge >= 0.3 is 0 Å². The minimum atomic E-state index is 0.560. The largest absolute Gasteiger partial charge is 0.357 e. The number of nitrogens with zero attached hydrogens (tertiary/aromatic N) is 3. The number of rotatable bonds is 3. The van der Waals surface area contributed by atoms with Crippen molar-refractivity contribution in [3.63, 3.8) is 0 Å². The maximum atomic E-state index is 6.73. The van der Waals surface area contributed by atoms with Gasteiger partial charge in [-0.05, 0) is 24.5 Å². The summed E-state index contributed by atoms with van der Waals surface area (Å²) in [6, 6.07) is 4.16. The van der Waals surface area contributed by atoms with Gasteiger partial charge in [-0.1, -0.05) is 6.07 Å². The predicted octanol–water partition coefficient (Wildman–Crippen LogP) is 2.14. The number of aromatic nitrogens is 1. The summed E-state index contributed by atoms with van der Waals surface area (Å²) in [7, 11) is 0. The van der Waals surface area contributed by atoms with Crippen LogP contribution < -0.4 is 4.90 Å². The standard InChI is InChI=1S/C12H15N3/c1-13-7-6-11-4-5-12(14-10-11)15-8-2-3-9-15/h4-5,10H,2-3,6-9H2. The molecule has 15 heavy (non-hydrogen) atoms. The molecule has 3 heteroatoms. The van der Waals surface area contributed by atoms with Crippen LogP contribution in [0.2, 0.25) is 0 Å². The Bertz CT molecular complexity index is 344. The molecule has 0 aliphatic carbocycles. The van der Waals surface area contributed by atoms with Crippen molar-refractivity contribution in [2.24, 2.45) is 0 Å². The average Bonchev–Trinajstić information content (AvgIpc) is 2.80. The van der Waals surface area contributed by atoms with E-state index < -0.39 is 0 Å². The monoisotopic (exact) mass is 201 g/mol. The second-order valence-corrected chi connectivity index (χ2v) is 3.85. The third-order valence-electron chi connectivity index (χ3n) is 2.75. The van der Waals surface area contributed by atoms with E-state index in [1.165, 1.54) is 12.8 Å². The Kier molecular flexibility index (Phi) is 3.18. The van der Waals surface area contributed by atoms with Gasteiger partial charge in [-0.25, -0.2) is 11.6 Å². The Hall–Kier alpha value is -1.56. The number of anilines is 1. The van der Waals surface area contributed by atoms with Crippen molar-refractivity contribution in [3.05, 3.63) is 35.3 Å². The molecular weight excluding hydrogens is 186 g/mol. The molecule has 2 rings (SSSR count). The molecule has 3 nitrogen and oxygen atoms in total. The molecule has 0 bridgehead atoms. The van der Waals surface area contributed by atoms with Gasteiger partial charge in [0, 0.05) is 25.7 Å². The molecule has 0 atom stereocenters. The van der Waals surface area contributed by atoms with E-state index >= 15 is 0 Å². The molecule has 2 heterocycles. The zero-order valence-corrected chi connectivity index (χ0v) is 8.82. The lowest BCUT2D eigenvalue weighted by Gasteiger charge is -2.15. The lowest BCUT2D eigenvalue weighted by atomic mass is 10.2. The maximum absolute atomic E-state index is 6.73. The molecular formula is C12H15N3. The lowest BCUT2D eigenvalue weighted by molar-refractivity contribution is 0.930. The molecule has 1 fully saturated rings. The van der Waals surface area contributed by atoms with E-state index in [-0.39, 0.29) is 0 Å². The van der Waals surface area contributed by atoms with Gasteiger partial charge in [-0.2, -0.15) is 0 Å². The van der Waals surface area contributed by atoms with Crippen LogP contribution in [0.4, 0.5) is 5.82 Å². The van der Waals surface area contributed by atoms with Gasteiger partial charge in [-0.3, -0.25) is 0 Å². The fraction of sp³-hybridized carbons (Fsp3) is 0.500. The van der Waals surface area contributed by atoms with Crippen LogP contribution >= 0.6 is 0 Å². The highest BCUT2D eigenvalue weighted by atomic mass is 15.2. The Morgan fingerprint density at radius 2 is 2.13 bits per heavy atom. The first-order chi connectivity index (χ1) is 7.40. The van der Waals surface area contributed by atoms with Crippen LogP contribution in [0.5, 0.6) is 0 Å². The van der Waals surface area contributed by atoms with E-state index in [9.17, 15) is 0 Å². The molecule has 1 aromatic heterocycles. The quantitative estimate of drug-likeness (QED) is 0.698. The zero-order chi connectivity index (χ0) is 10.5. The fourth-order valence-electron chi connectivity index (χ4n) is 1.88. The van der Waals surface area contributed by atoms with Crippen molar-refractivity contribution in [3.8, 4) is 0 Å². The summed E-state index contributed by atoms with van der Waals surface area (Å²) in [5, 5.41) is 0. The molecule has 0 unspecified atom stereocenters. The summed E-state index contributed by atoms with van der Waals surface area (Å²) >= 11 is 0. The Labute approximate surface area is 90.6 Å². The van der Waals surface area contributed by atoms with Crippen molar-refractivity contribution in [1.29, 1.82) is 0 Å². The first-order valence-electron chi connectivity index (χ1n) is 5.43. The number of hydrogen-bond donors (Lipinski definition) is 0. The Morgan fingerprint density at radius 1 is 1.33 bits per heavy atom. The van der Waals surface area contributed by atoms with Crippen molar-refractivity contribution in [1.82, 2.24) is 4.98 Å². The zero-order valence-electron chi connectivity index (χ0n) is 8.82. The van der Waals surface area contributed by atoms with E-state index in [1.54, 1.807) is 0 Å². The number of pyridine rings is 1. The van der Waals surface area contributed by atoms with Crippen molar-refractivity contribution < 1.29 is 0 Å². The van der Waals surface area contributed by atoms with Crippen LogP contribution in [0.3, 0.4) is 0 Å². The minimum Gasteiger partial charge on any atom is -0.357 e. The molecule has 1 aliphatic heterocycles. The minimum absolute atomic E-state index is 0.560. The van der Waals surface area contributed by atoms with E-state index in [4.69, 9.17) is 6.57 Å². The van der Waals surface area contributed by atoms with Crippen molar-refractivity contribution in [2.45, 2.75) is 19.3 Å². The Balaban J connectivity index is 2.00. The summed E-state index contributed by atoms with van der Waals surface area (Å²) < 4.78 is 0. The third kappa shape index (κ3) is 2.47. The van der Waals surface area contributed by atoms with Gasteiger partial charge in [0.1, 0.15) is 5.82 Å². The summed E-state index contributed by atoms with van der Waals surface area (Å²) in [5.74, 6) is 1.08. The van der Waals surface area contributed by atoms with Crippen LogP contribution in [0, 0.1) is 6.57 Å². The first-order valence-corrected chi connectivity index (χ1v) is 5.43. The summed E-state index contributed by atoms with van der Waals surface area (Å²) in [5.41, 5.74) is 1.16. The van der Waals surface area contributed by atoms with Gasteiger partial charge in [-0.15, -0.1) is 0 Å². The maximum Gasteiger partial charge on any atom is 0.218 e. The second kappa shape index (κ2) is 4.79. The summed E-state index contributed by atoms with van der Waals surface area (Å²) in [4.78, 5) is 10.1. The van der Waals surface area contributed by atoms with Gasteiger partial charge < -0.3 is 9.74 Å². The topological polar surface area (TPSA) is 20.5 Å². The van der Waals surface area contributed by atoms with Gasteiger partial charge in [0.2, 0.25) is 6.54 Å². The molecule has 0 radical (unpaired) electrons. The highest BCUT2D eigenvalue weighted by Crippen LogP contribution is 2.17. The smallest absolute Gasteiger partial charge is 0.218 e. The molecule has 0 saturated carbocycles. The highest BCUT2D eigenvalue weighted by molar-refractivity contribution is 5.40. The van der Waals surface area contributed by atoms with Crippen LogP contribution in [0.25, 0.3) is 4.85 Å². The van der Waals surface area contributed by atoms with Crippen LogP contribution in [0.15, 0.2) is 18.3 Å².